The molecule has 6 heteroatoms. The lowest BCUT2D eigenvalue weighted by Crippen LogP contribution is -2.34. The molecule has 0 radical (unpaired) electrons. The van der Waals surface area contributed by atoms with Gasteiger partial charge >= 0.3 is 0 Å². The molecule has 3 aromatic rings. The lowest BCUT2D eigenvalue weighted by molar-refractivity contribution is 0.196. The zero-order valence-electron chi connectivity index (χ0n) is 13.5. The number of pyridine rings is 1. The second kappa shape index (κ2) is 6.12. The predicted molar refractivity (Wildman–Crippen MR) is 88.1 cm³/mol. The van der Waals surface area contributed by atoms with Crippen LogP contribution in [-0.2, 0) is 13.1 Å². The van der Waals surface area contributed by atoms with E-state index >= 15 is 0 Å². The summed E-state index contributed by atoms with van der Waals surface area (Å²) in [6.45, 7) is 6.18. The highest BCUT2D eigenvalue weighted by molar-refractivity contribution is 5.37. The van der Waals surface area contributed by atoms with E-state index in [0.29, 0.717) is 5.92 Å². The van der Waals surface area contributed by atoms with Crippen molar-refractivity contribution in [1.29, 1.82) is 0 Å². The number of nitrogens with zero attached hydrogens (tertiary/aromatic N) is 6. The molecule has 1 aliphatic rings. The molecule has 0 amide bonds. The van der Waals surface area contributed by atoms with Crippen molar-refractivity contribution in [2.45, 2.75) is 38.8 Å². The zero-order valence-corrected chi connectivity index (χ0v) is 13.5. The van der Waals surface area contributed by atoms with Crippen LogP contribution in [0.1, 0.15) is 37.1 Å². The van der Waals surface area contributed by atoms with Crippen LogP contribution < -0.4 is 0 Å². The molecule has 1 aliphatic heterocycles. The molecule has 6 nitrogen and oxygen atoms in total. The summed E-state index contributed by atoms with van der Waals surface area (Å²) in [5, 5.41) is 13.1. The second-order valence-electron chi connectivity index (χ2n) is 6.27. The van der Waals surface area contributed by atoms with Crippen LogP contribution in [-0.4, -0.2) is 42.4 Å². The van der Waals surface area contributed by atoms with Crippen LogP contribution in [0.15, 0.2) is 36.8 Å². The Balaban J connectivity index is 1.50. The van der Waals surface area contributed by atoms with E-state index in [1.807, 2.05) is 29.1 Å². The van der Waals surface area contributed by atoms with Crippen LogP contribution in [0.3, 0.4) is 0 Å². The minimum atomic E-state index is 0.447. The summed E-state index contributed by atoms with van der Waals surface area (Å²) >= 11 is 0. The first-order valence-electron chi connectivity index (χ1n) is 8.37. The number of hydrogen-bond donors (Lipinski definition) is 0. The lowest BCUT2D eigenvalue weighted by atomic mass is 9.97. The largest absolute Gasteiger partial charge is 0.298 e. The third-order valence-corrected chi connectivity index (χ3v) is 4.63. The van der Waals surface area contributed by atoms with Crippen molar-refractivity contribution in [3.63, 3.8) is 0 Å². The molecule has 1 atom stereocenters. The van der Waals surface area contributed by atoms with E-state index < -0.39 is 0 Å². The highest BCUT2D eigenvalue weighted by Gasteiger charge is 2.25. The van der Waals surface area contributed by atoms with Gasteiger partial charge in [0, 0.05) is 43.5 Å². The molecule has 0 aromatic carbocycles. The molecule has 3 aromatic heterocycles. The monoisotopic (exact) mass is 310 g/mol. The van der Waals surface area contributed by atoms with Crippen molar-refractivity contribution in [2.24, 2.45) is 0 Å². The van der Waals surface area contributed by atoms with Gasteiger partial charge < -0.3 is 0 Å². The van der Waals surface area contributed by atoms with Crippen molar-refractivity contribution in [3.8, 4) is 0 Å². The molecule has 120 valence electrons. The molecule has 0 saturated carbocycles. The third-order valence-electron chi connectivity index (χ3n) is 4.63. The van der Waals surface area contributed by atoms with Gasteiger partial charge in [-0.25, -0.2) is 0 Å². The SMILES string of the molecule is CCn1cc(CN2CCC[C@H](c3nnc4ccccn34)C2)cn1. The van der Waals surface area contributed by atoms with E-state index in [1.54, 1.807) is 0 Å². The fourth-order valence-corrected chi connectivity index (χ4v) is 3.47. The molecule has 0 spiro atoms. The maximum Gasteiger partial charge on any atom is 0.160 e. The van der Waals surface area contributed by atoms with Crippen LogP contribution in [0.5, 0.6) is 0 Å². The van der Waals surface area contributed by atoms with E-state index in [-0.39, 0.29) is 0 Å². The zero-order chi connectivity index (χ0) is 15.6. The second-order valence-corrected chi connectivity index (χ2v) is 6.27. The first-order valence-corrected chi connectivity index (χ1v) is 8.37. The van der Waals surface area contributed by atoms with E-state index in [1.165, 1.54) is 18.4 Å². The number of fused-ring (bicyclic) bond motifs is 1. The van der Waals surface area contributed by atoms with Gasteiger partial charge in [-0.05, 0) is 38.4 Å². The van der Waals surface area contributed by atoms with Crippen LogP contribution >= 0.6 is 0 Å². The van der Waals surface area contributed by atoms with Gasteiger partial charge in [0.05, 0.1) is 6.20 Å². The quantitative estimate of drug-likeness (QED) is 0.742. The average molecular weight is 310 g/mol. The standard InChI is InChI=1S/C17H22N6/c1-2-22-12-14(10-18-22)11-21-8-5-6-15(13-21)17-20-19-16-7-3-4-9-23(16)17/h3-4,7,9-10,12,15H,2,5-6,8,11,13H2,1H3/t15-/m0/s1. The lowest BCUT2D eigenvalue weighted by Gasteiger charge is -2.31. The summed E-state index contributed by atoms with van der Waals surface area (Å²) in [7, 11) is 0. The fourth-order valence-electron chi connectivity index (χ4n) is 3.47. The van der Waals surface area contributed by atoms with Crippen LogP contribution in [0.4, 0.5) is 0 Å². The fraction of sp³-hybridized carbons (Fsp3) is 0.471. The summed E-state index contributed by atoms with van der Waals surface area (Å²) in [5.74, 6) is 1.54. The Morgan fingerprint density at radius 1 is 1.26 bits per heavy atom. The smallest absolute Gasteiger partial charge is 0.160 e. The normalized spacial score (nSPS) is 19.4. The molecule has 0 aliphatic carbocycles. The Bertz CT molecular complexity index is 789. The Kier molecular flexibility index (Phi) is 3.83. The maximum absolute atomic E-state index is 4.45. The molecule has 1 saturated heterocycles. The topological polar surface area (TPSA) is 51.2 Å². The van der Waals surface area contributed by atoms with E-state index in [2.05, 4.69) is 43.9 Å². The van der Waals surface area contributed by atoms with Crippen molar-refractivity contribution >= 4 is 5.65 Å². The van der Waals surface area contributed by atoms with Gasteiger partial charge in [0.2, 0.25) is 0 Å². The summed E-state index contributed by atoms with van der Waals surface area (Å²) in [6.07, 6.45) is 8.58. The number of rotatable bonds is 4. The van der Waals surface area contributed by atoms with Gasteiger partial charge in [0.25, 0.3) is 0 Å². The maximum atomic E-state index is 4.45. The van der Waals surface area contributed by atoms with Crippen molar-refractivity contribution in [3.05, 3.63) is 48.2 Å². The van der Waals surface area contributed by atoms with Crippen LogP contribution in [0.25, 0.3) is 5.65 Å². The van der Waals surface area contributed by atoms with Gasteiger partial charge in [0.15, 0.2) is 5.65 Å². The molecule has 23 heavy (non-hydrogen) atoms. The molecule has 0 bridgehead atoms. The number of likely N-dealkylation sites (tertiary alicyclic amines) is 1. The van der Waals surface area contributed by atoms with Crippen molar-refractivity contribution in [1.82, 2.24) is 29.3 Å². The Morgan fingerprint density at radius 3 is 3.09 bits per heavy atom. The van der Waals surface area contributed by atoms with Gasteiger partial charge in [0.1, 0.15) is 5.82 Å². The molecule has 4 heterocycles. The molecule has 0 N–H and O–H groups in total. The van der Waals surface area contributed by atoms with E-state index in [4.69, 9.17) is 0 Å². The molecule has 4 rings (SSSR count). The number of aryl methyl sites for hydroxylation is 1. The Hall–Kier alpha value is -2.21. The van der Waals surface area contributed by atoms with E-state index in [9.17, 15) is 0 Å². The Labute approximate surface area is 135 Å². The van der Waals surface area contributed by atoms with Crippen LogP contribution in [0.2, 0.25) is 0 Å². The summed E-state index contributed by atoms with van der Waals surface area (Å²) in [6, 6.07) is 6.06. The van der Waals surface area contributed by atoms with Crippen LogP contribution in [0, 0.1) is 0 Å². The van der Waals surface area contributed by atoms with Crippen molar-refractivity contribution < 1.29 is 0 Å². The summed E-state index contributed by atoms with van der Waals surface area (Å²) in [5.41, 5.74) is 2.22. The summed E-state index contributed by atoms with van der Waals surface area (Å²) < 4.78 is 4.12. The van der Waals surface area contributed by atoms with Gasteiger partial charge in [-0.1, -0.05) is 6.07 Å². The third kappa shape index (κ3) is 2.86. The number of aromatic nitrogens is 5. The number of hydrogen-bond acceptors (Lipinski definition) is 4. The van der Waals surface area contributed by atoms with Crippen molar-refractivity contribution in [2.75, 3.05) is 13.1 Å². The van der Waals surface area contributed by atoms with Gasteiger partial charge in [-0.2, -0.15) is 5.10 Å². The first kappa shape index (κ1) is 14.4. The molecule has 0 unspecified atom stereocenters. The highest BCUT2D eigenvalue weighted by Crippen LogP contribution is 2.26. The minimum absolute atomic E-state index is 0.447. The average Bonchev–Trinajstić information content (AvgIpc) is 3.21. The Morgan fingerprint density at radius 2 is 2.22 bits per heavy atom. The van der Waals surface area contributed by atoms with Gasteiger partial charge in [-0.3, -0.25) is 14.0 Å². The highest BCUT2D eigenvalue weighted by atomic mass is 15.3. The summed E-state index contributed by atoms with van der Waals surface area (Å²) in [4.78, 5) is 2.51. The van der Waals surface area contributed by atoms with Gasteiger partial charge in [-0.15, -0.1) is 10.2 Å². The number of piperidine rings is 1. The molecule has 1 fully saturated rings. The minimum Gasteiger partial charge on any atom is -0.298 e. The van der Waals surface area contributed by atoms with E-state index in [0.717, 1.165) is 37.7 Å². The molecular formula is C17H22N6. The molecular weight excluding hydrogens is 288 g/mol. The predicted octanol–water partition coefficient (Wildman–Crippen LogP) is 2.33. The first-order chi connectivity index (χ1) is 11.3.